The molecule has 1 heterocycles. The van der Waals surface area contributed by atoms with Crippen molar-refractivity contribution in [2.45, 2.75) is 0 Å². The first-order valence-corrected chi connectivity index (χ1v) is 7.89. The molecule has 0 saturated heterocycles. The molecular formula is C16H10Cl2O3S. The highest BCUT2D eigenvalue weighted by molar-refractivity contribution is 7.21. The second kappa shape index (κ2) is 6.16. The highest BCUT2D eigenvalue weighted by Gasteiger charge is 2.19. The maximum atomic E-state index is 12.3. The van der Waals surface area contributed by atoms with E-state index in [1.807, 2.05) is 12.1 Å². The summed E-state index contributed by atoms with van der Waals surface area (Å²) in [6.45, 7) is 0. The Balaban J connectivity index is 1.93. The largest absolute Gasteiger partial charge is 0.497 e. The minimum absolute atomic E-state index is 0.361. The highest BCUT2D eigenvalue weighted by Crippen LogP contribution is 2.37. The van der Waals surface area contributed by atoms with Crippen LogP contribution in [-0.4, -0.2) is 13.1 Å². The number of rotatable bonds is 3. The second-order valence-corrected chi connectivity index (χ2v) is 6.32. The number of fused-ring (bicyclic) bond motifs is 1. The molecule has 0 aliphatic rings. The molecule has 0 bridgehead atoms. The van der Waals surface area contributed by atoms with Crippen LogP contribution in [0, 0.1) is 0 Å². The quantitative estimate of drug-likeness (QED) is 0.465. The number of benzene rings is 2. The summed E-state index contributed by atoms with van der Waals surface area (Å²) in [5, 5.41) is 1.72. The predicted octanol–water partition coefficient (Wildman–Crippen LogP) is 5.44. The average molecular weight is 353 g/mol. The summed E-state index contributed by atoms with van der Waals surface area (Å²) in [6, 6.07) is 12.1. The lowest BCUT2D eigenvalue weighted by atomic mass is 10.2. The molecule has 112 valence electrons. The molecule has 0 atom stereocenters. The molecule has 0 spiro atoms. The minimum Gasteiger partial charge on any atom is -0.497 e. The van der Waals surface area contributed by atoms with Crippen LogP contribution in [0.1, 0.15) is 9.67 Å². The van der Waals surface area contributed by atoms with Crippen LogP contribution in [0.15, 0.2) is 42.5 Å². The molecule has 6 heteroatoms. The number of halogens is 2. The van der Waals surface area contributed by atoms with Crippen molar-refractivity contribution in [1.29, 1.82) is 0 Å². The lowest BCUT2D eigenvalue weighted by molar-refractivity contribution is 0.0740. The van der Waals surface area contributed by atoms with E-state index in [2.05, 4.69) is 0 Å². The SMILES string of the molecule is COc1ccc2sc(C(=O)Oc3ccc(Cl)cc3)c(Cl)c2c1. The van der Waals surface area contributed by atoms with Gasteiger partial charge in [0.25, 0.3) is 0 Å². The van der Waals surface area contributed by atoms with Gasteiger partial charge >= 0.3 is 5.97 Å². The van der Waals surface area contributed by atoms with E-state index in [0.29, 0.717) is 26.4 Å². The molecule has 1 aromatic heterocycles. The molecule has 3 nitrogen and oxygen atoms in total. The van der Waals surface area contributed by atoms with Crippen LogP contribution in [0.3, 0.4) is 0 Å². The molecule has 0 amide bonds. The van der Waals surface area contributed by atoms with E-state index >= 15 is 0 Å². The van der Waals surface area contributed by atoms with Crippen LogP contribution in [0.25, 0.3) is 10.1 Å². The average Bonchev–Trinajstić information content (AvgIpc) is 2.86. The van der Waals surface area contributed by atoms with Crippen molar-refractivity contribution in [1.82, 2.24) is 0 Å². The fourth-order valence-corrected chi connectivity index (χ4v) is 3.44. The molecule has 0 unspecified atom stereocenters. The summed E-state index contributed by atoms with van der Waals surface area (Å²) in [4.78, 5) is 12.6. The van der Waals surface area contributed by atoms with Crippen LogP contribution in [0.5, 0.6) is 11.5 Å². The third-order valence-electron chi connectivity index (χ3n) is 3.04. The van der Waals surface area contributed by atoms with Gasteiger partial charge in [-0.3, -0.25) is 0 Å². The predicted molar refractivity (Wildman–Crippen MR) is 89.8 cm³/mol. The Labute approximate surface area is 141 Å². The molecule has 22 heavy (non-hydrogen) atoms. The molecular weight excluding hydrogens is 343 g/mol. The number of thiophene rings is 1. The van der Waals surface area contributed by atoms with Gasteiger partial charge in [-0.25, -0.2) is 4.79 Å². The number of carbonyl (C=O) groups excluding carboxylic acids is 1. The van der Waals surface area contributed by atoms with E-state index in [0.717, 1.165) is 10.1 Å². The van der Waals surface area contributed by atoms with Crippen molar-refractivity contribution >= 4 is 50.6 Å². The Morgan fingerprint density at radius 2 is 1.73 bits per heavy atom. The summed E-state index contributed by atoms with van der Waals surface area (Å²) in [7, 11) is 1.58. The van der Waals surface area contributed by atoms with Crippen molar-refractivity contribution in [3.8, 4) is 11.5 Å². The van der Waals surface area contributed by atoms with Gasteiger partial charge in [-0.05, 0) is 42.5 Å². The smallest absolute Gasteiger partial charge is 0.355 e. The van der Waals surface area contributed by atoms with Gasteiger partial charge in [0.1, 0.15) is 16.4 Å². The number of methoxy groups -OCH3 is 1. The zero-order chi connectivity index (χ0) is 15.7. The highest BCUT2D eigenvalue weighted by atomic mass is 35.5. The van der Waals surface area contributed by atoms with Gasteiger partial charge < -0.3 is 9.47 Å². The van der Waals surface area contributed by atoms with Gasteiger partial charge in [-0.2, -0.15) is 0 Å². The van der Waals surface area contributed by atoms with Crippen molar-refractivity contribution in [2.24, 2.45) is 0 Å². The van der Waals surface area contributed by atoms with Gasteiger partial charge in [-0.15, -0.1) is 11.3 Å². The van der Waals surface area contributed by atoms with Gasteiger partial charge in [0, 0.05) is 15.1 Å². The van der Waals surface area contributed by atoms with Gasteiger partial charge in [0.2, 0.25) is 0 Å². The van der Waals surface area contributed by atoms with Gasteiger partial charge in [0.05, 0.1) is 12.1 Å². The molecule has 0 aliphatic heterocycles. The van der Waals surface area contributed by atoms with Crippen LogP contribution in [0.4, 0.5) is 0 Å². The zero-order valence-corrected chi connectivity index (χ0v) is 13.8. The first kappa shape index (κ1) is 15.2. The fraction of sp³-hybridized carbons (Fsp3) is 0.0625. The first-order valence-electron chi connectivity index (χ1n) is 6.32. The topological polar surface area (TPSA) is 35.5 Å². The number of ether oxygens (including phenoxy) is 2. The normalized spacial score (nSPS) is 10.7. The molecule has 2 aromatic carbocycles. The Bertz CT molecular complexity index is 840. The number of carbonyl (C=O) groups is 1. The molecule has 0 radical (unpaired) electrons. The maximum absolute atomic E-state index is 12.3. The number of hydrogen-bond donors (Lipinski definition) is 0. The van der Waals surface area contributed by atoms with Crippen molar-refractivity contribution < 1.29 is 14.3 Å². The molecule has 3 rings (SSSR count). The van der Waals surface area contributed by atoms with E-state index < -0.39 is 5.97 Å². The minimum atomic E-state index is -0.493. The van der Waals surface area contributed by atoms with Crippen LogP contribution in [-0.2, 0) is 0 Å². The summed E-state index contributed by atoms with van der Waals surface area (Å²) in [5.74, 6) is 0.609. The van der Waals surface area contributed by atoms with Gasteiger partial charge in [0.15, 0.2) is 0 Å². The van der Waals surface area contributed by atoms with E-state index in [1.165, 1.54) is 11.3 Å². The monoisotopic (exact) mass is 352 g/mol. The lowest BCUT2D eigenvalue weighted by Crippen LogP contribution is -2.06. The van der Waals surface area contributed by atoms with Crippen molar-refractivity contribution in [2.75, 3.05) is 7.11 Å². The summed E-state index contributed by atoms with van der Waals surface area (Å²) >= 11 is 13.4. The summed E-state index contributed by atoms with van der Waals surface area (Å²) < 4.78 is 11.4. The zero-order valence-electron chi connectivity index (χ0n) is 11.4. The third-order valence-corrected chi connectivity index (χ3v) is 4.95. The summed E-state index contributed by atoms with van der Waals surface area (Å²) in [5.41, 5.74) is 0. The first-order chi connectivity index (χ1) is 10.6. The molecule has 3 aromatic rings. The van der Waals surface area contributed by atoms with E-state index in [9.17, 15) is 4.79 Å². The standard InChI is InChI=1S/C16H10Cl2O3S/c1-20-11-6-7-13-12(8-11)14(18)15(22-13)16(19)21-10-4-2-9(17)3-5-10/h2-8H,1H3. The van der Waals surface area contributed by atoms with Crippen molar-refractivity contribution in [3.05, 3.63) is 57.4 Å². The number of hydrogen-bond acceptors (Lipinski definition) is 4. The Morgan fingerprint density at radius 3 is 2.41 bits per heavy atom. The van der Waals surface area contributed by atoms with Gasteiger partial charge in [-0.1, -0.05) is 23.2 Å². The third kappa shape index (κ3) is 2.90. The Hall–Kier alpha value is -1.75. The lowest BCUT2D eigenvalue weighted by Gasteiger charge is -2.02. The van der Waals surface area contributed by atoms with Crippen LogP contribution >= 0.6 is 34.5 Å². The molecule has 0 fully saturated rings. The van der Waals surface area contributed by atoms with E-state index in [4.69, 9.17) is 32.7 Å². The molecule has 0 N–H and O–H groups in total. The number of esters is 1. The maximum Gasteiger partial charge on any atom is 0.355 e. The van der Waals surface area contributed by atoms with E-state index in [-0.39, 0.29) is 0 Å². The molecule has 0 saturated carbocycles. The molecule has 0 aliphatic carbocycles. The summed E-state index contributed by atoms with van der Waals surface area (Å²) in [6.07, 6.45) is 0. The Morgan fingerprint density at radius 1 is 1.05 bits per heavy atom. The van der Waals surface area contributed by atoms with Crippen LogP contribution in [0.2, 0.25) is 10.0 Å². The van der Waals surface area contributed by atoms with E-state index in [1.54, 1.807) is 37.4 Å². The van der Waals surface area contributed by atoms with Crippen molar-refractivity contribution in [3.63, 3.8) is 0 Å². The second-order valence-electron chi connectivity index (χ2n) is 4.45. The van der Waals surface area contributed by atoms with Crippen LogP contribution < -0.4 is 9.47 Å². The Kier molecular flexibility index (Phi) is 4.25. The fourth-order valence-electron chi connectivity index (χ4n) is 1.96.